The van der Waals surface area contributed by atoms with Gasteiger partial charge in [-0.25, -0.2) is 0 Å². The van der Waals surface area contributed by atoms with Crippen molar-refractivity contribution in [3.63, 3.8) is 0 Å². The summed E-state index contributed by atoms with van der Waals surface area (Å²) in [5, 5.41) is 11.1. The van der Waals surface area contributed by atoms with Crippen LogP contribution in [-0.4, -0.2) is 16.8 Å². The number of hydrogen-bond acceptors (Lipinski definition) is 3. The molecule has 1 heterocycles. The molecule has 0 aliphatic heterocycles. The zero-order chi connectivity index (χ0) is 11.0. The van der Waals surface area contributed by atoms with Gasteiger partial charge < -0.3 is 9.84 Å². The fourth-order valence-electron chi connectivity index (χ4n) is 1.50. The predicted octanol–water partition coefficient (Wildman–Crippen LogP) is 1.25. The van der Waals surface area contributed by atoms with Gasteiger partial charge in [-0.05, 0) is 17.5 Å². The standard InChI is InChI=1S/C11H11NO3/c1-12-10(13)5-7-3-4-8(15-2)6-9(7)11(12)14/h3-6,14H,1-2H3. The average Bonchev–Trinajstić information content (AvgIpc) is 2.26. The second-order valence-electron chi connectivity index (χ2n) is 3.32. The first-order valence-corrected chi connectivity index (χ1v) is 4.50. The Morgan fingerprint density at radius 1 is 1.33 bits per heavy atom. The Bertz CT molecular complexity index is 572. The molecule has 0 aliphatic carbocycles. The lowest BCUT2D eigenvalue weighted by Crippen LogP contribution is -2.14. The van der Waals surface area contributed by atoms with Crippen molar-refractivity contribution in [3.8, 4) is 11.6 Å². The highest BCUT2D eigenvalue weighted by Crippen LogP contribution is 2.25. The van der Waals surface area contributed by atoms with E-state index in [9.17, 15) is 9.90 Å². The SMILES string of the molecule is COc1ccc2cc(=O)n(C)c(O)c2c1. The van der Waals surface area contributed by atoms with Gasteiger partial charge in [0.15, 0.2) is 0 Å². The molecule has 0 unspecified atom stereocenters. The van der Waals surface area contributed by atoms with Crippen LogP contribution in [0.3, 0.4) is 0 Å². The van der Waals surface area contributed by atoms with Crippen LogP contribution >= 0.6 is 0 Å². The first-order chi connectivity index (χ1) is 7.13. The molecule has 78 valence electrons. The highest BCUT2D eigenvalue weighted by atomic mass is 16.5. The summed E-state index contributed by atoms with van der Waals surface area (Å²) in [4.78, 5) is 11.4. The molecule has 0 bridgehead atoms. The Balaban J connectivity index is 2.87. The number of aromatic nitrogens is 1. The van der Waals surface area contributed by atoms with Gasteiger partial charge in [0.1, 0.15) is 5.75 Å². The number of methoxy groups -OCH3 is 1. The Labute approximate surface area is 86.3 Å². The van der Waals surface area contributed by atoms with E-state index in [0.29, 0.717) is 16.5 Å². The smallest absolute Gasteiger partial charge is 0.253 e. The topological polar surface area (TPSA) is 51.5 Å². The minimum atomic E-state index is -0.231. The molecule has 15 heavy (non-hydrogen) atoms. The van der Waals surface area contributed by atoms with E-state index in [0.717, 1.165) is 0 Å². The van der Waals surface area contributed by atoms with Crippen molar-refractivity contribution in [2.75, 3.05) is 7.11 Å². The minimum Gasteiger partial charge on any atom is -0.497 e. The summed E-state index contributed by atoms with van der Waals surface area (Å²) in [6.07, 6.45) is 0. The molecule has 1 aromatic heterocycles. The van der Waals surface area contributed by atoms with E-state index in [4.69, 9.17) is 4.74 Å². The molecule has 1 N–H and O–H groups in total. The van der Waals surface area contributed by atoms with E-state index in [1.54, 1.807) is 25.3 Å². The molecule has 0 fully saturated rings. The zero-order valence-electron chi connectivity index (χ0n) is 8.52. The molecule has 0 radical (unpaired) electrons. The molecule has 0 amide bonds. The van der Waals surface area contributed by atoms with Crippen LogP contribution in [0.15, 0.2) is 29.1 Å². The van der Waals surface area contributed by atoms with E-state index in [-0.39, 0.29) is 11.4 Å². The molecule has 4 nitrogen and oxygen atoms in total. The normalized spacial score (nSPS) is 10.5. The van der Waals surface area contributed by atoms with Crippen molar-refractivity contribution in [2.24, 2.45) is 7.05 Å². The number of nitrogens with zero attached hydrogens (tertiary/aromatic N) is 1. The van der Waals surface area contributed by atoms with Gasteiger partial charge in [-0.1, -0.05) is 6.07 Å². The van der Waals surface area contributed by atoms with Crippen LogP contribution in [0, 0.1) is 0 Å². The van der Waals surface area contributed by atoms with Crippen molar-refractivity contribution in [3.05, 3.63) is 34.6 Å². The van der Waals surface area contributed by atoms with Crippen LogP contribution in [0.2, 0.25) is 0 Å². The average molecular weight is 205 g/mol. The van der Waals surface area contributed by atoms with Crippen molar-refractivity contribution in [1.82, 2.24) is 4.57 Å². The number of pyridine rings is 1. The second kappa shape index (κ2) is 3.31. The van der Waals surface area contributed by atoms with Gasteiger partial charge >= 0.3 is 0 Å². The fourth-order valence-corrected chi connectivity index (χ4v) is 1.50. The van der Waals surface area contributed by atoms with Crippen molar-refractivity contribution in [1.29, 1.82) is 0 Å². The van der Waals surface area contributed by atoms with E-state index in [1.807, 2.05) is 0 Å². The number of fused-ring (bicyclic) bond motifs is 1. The fraction of sp³-hybridized carbons (Fsp3) is 0.182. The van der Waals surface area contributed by atoms with Gasteiger partial charge in [0, 0.05) is 18.5 Å². The van der Waals surface area contributed by atoms with Crippen LogP contribution in [0.25, 0.3) is 10.8 Å². The van der Waals surface area contributed by atoms with E-state index in [2.05, 4.69) is 0 Å². The monoisotopic (exact) mass is 205 g/mol. The lowest BCUT2D eigenvalue weighted by Gasteiger charge is -2.07. The van der Waals surface area contributed by atoms with Crippen molar-refractivity contribution in [2.45, 2.75) is 0 Å². The van der Waals surface area contributed by atoms with Crippen molar-refractivity contribution < 1.29 is 9.84 Å². The predicted molar refractivity (Wildman–Crippen MR) is 57.4 cm³/mol. The van der Waals surface area contributed by atoms with Crippen LogP contribution in [0.1, 0.15) is 0 Å². The molecule has 4 heteroatoms. The Morgan fingerprint density at radius 2 is 2.07 bits per heavy atom. The molecule has 2 rings (SSSR count). The summed E-state index contributed by atoms with van der Waals surface area (Å²) in [6, 6.07) is 6.68. The van der Waals surface area contributed by atoms with Crippen LogP contribution < -0.4 is 10.3 Å². The van der Waals surface area contributed by atoms with Crippen molar-refractivity contribution >= 4 is 10.8 Å². The second-order valence-corrected chi connectivity index (χ2v) is 3.32. The lowest BCUT2D eigenvalue weighted by atomic mass is 10.1. The molecule has 0 atom stereocenters. The van der Waals surface area contributed by atoms with E-state index >= 15 is 0 Å². The van der Waals surface area contributed by atoms with Gasteiger partial charge in [0.25, 0.3) is 5.56 Å². The molecule has 1 aromatic carbocycles. The molecule has 2 aromatic rings. The maximum Gasteiger partial charge on any atom is 0.253 e. The highest BCUT2D eigenvalue weighted by Gasteiger charge is 2.06. The number of ether oxygens (including phenoxy) is 1. The van der Waals surface area contributed by atoms with Gasteiger partial charge in [0.05, 0.1) is 7.11 Å². The first-order valence-electron chi connectivity index (χ1n) is 4.50. The number of hydrogen-bond donors (Lipinski definition) is 1. The summed E-state index contributed by atoms with van der Waals surface area (Å²) in [7, 11) is 3.08. The molecular formula is C11H11NO3. The number of aromatic hydroxyl groups is 1. The Hall–Kier alpha value is -1.97. The van der Waals surface area contributed by atoms with Gasteiger partial charge in [-0.3, -0.25) is 9.36 Å². The summed E-state index contributed by atoms with van der Waals surface area (Å²) in [5.74, 6) is 0.604. The summed E-state index contributed by atoms with van der Waals surface area (Å²) >= 11 is 0. The Kier molecular flexibility index (Phi) is 2.11. The van der Waals surface area contributed by atoms with Gasteiger partial charge in [-0.2, -0.15) is 0 Å². The van der Waals surface area contributed by atoms with E-state index < -0.39 is 0 Å². The summed E-state index contributed by atoms with van der Waals surface area (Å²) < 4.78 is 6.25. The minimum absolute atomic E-state index is 0.0450. The van der Waals surface area contributed by atoms with E-state index in [1.165, 1.54) is 17.7 Å². The lowest BCUT2D eigenvalue weighted by molar-refractivity contribution is 0.413. The maximum atomic E-state index is 11.4. The molecule has 0 spiro atoms. The zero-order valence-corrected chi connectivity index (χ0v) is 8.52. The molecular weight excluding hydrogens is 194 g/mol. The molecule has 0 saturated heterocycles. The largest absolute Gasteiger partial charge is 0.497 e. The number of rotatable bonds is 1. The quantitative estimate of drug-likeness (QED) is 0.762. The third-order valence-corrected chi connectivity index (χ3v) is 2.43. The van der Waals surface area contributed by atoms with Crippen LogP contribution in [0.4, 0.5) is 0 Å². The highest BCUT2D eigenvalue weighted by molar-refractivity contribution is 5.87. The van der Waals surface area contributed by atoms with Gasteiger partial charge in [0.2, 0.25) is 5.88 Å². The summed E-state index contributed by atoms with van der Waals surface area (Å²) in [5.41, 5.74) is -0.231. The maximum absolute atomic E-state index is 11.4. The van der Waals surface area contributed by atoms with Crippen LogP contribution in [0.5, 0.6) is 11.6 Å². The first kappa shape index (κ1) is 9.58. The van der Waals surface area contributed by atoms with Crippen LogP contribution in [-0.2, 0) is 7.05 Å². The number of benzene rings is 1. The Morgan fingerprint density at radius 3 is 2.73 bits per heavy atom. The molecule has 0 saturated carbocycles. The summed E-state index contributed by atoms with van der Waals surface area (Å²) in [6.45, 7) is 0. The third kappa shape index (κ3) is 1.44. The van der Waals surface area contributed by atoms with Gasteiger partial charge in [-0.15, -0.1) is 0 Å². The third-order valence-electron chi connectivity index (χ3n) is 2.43. The molecule has 0 aliphatic rings.